The summed E-state index contributed by atoms with van der Waals surface area (Å²) in [6.45, 7) is -0.245. The van der Waals surface area contributed by atoms with Crippen LogP contribution in [-0.4, -0.2) is 26.6 Å². The number of carbonyl (C=O) groups is 1. The van der Waals surface area contributed by atoms with Gasteiger partial charge in [0.05, 0.1) is 24.1 Å². The first-order chi connectivity index (χ1) is 12.4. The number of hydrogen-bond acceptors (Lipinski definition) is 4. The first-order valence-corrected chi connectivity index (χ1v) is 9.09. The molecule has 26 heavy (non-hydrogen) atoms. The monoisotopic (exact) mass is 385 g/mol. The van der Waals surface area contributed by atoms with Crippen LogP contribution in [0.15, 0.2) is 35.6 Å². The van der Waals surface area contributed by atoms with Gasteiger partial charge in [-0.3, -0.25) is 4.79 Å². The molecule has 2 N–H and O–H groups in total. The molecule has 2 aromatic rings. The summed E-state index contributed by atoms with van der Waals surface area (Å²) in [5.74, 6) is 0.108. The highest BCUT2D eigenvalue weighted by molar-refractivity contribution is 7.98. The first-order valence-electron chi connectivity index (χ1n) is 8.10. The third-order valence-corrected chi connectivity index (χ3v) is 4.99. The number of aliphatic hydroxyl groups is 1. The molecule has 1 aliphatic carbocycles. The van der Waals surface area contributed by atoms with E-state index < -0.39 is 11.7 Å². The molecule has 1 aromatic carbocycles. The summed E-state index contributed by atoms with van der Waals surface area (Å²) in [5.41, 5.74) is 0.300. The highest BCUT2D eigenvalue weighted by Gasteiger charge is 2.30. The minimum atomic E-state index is -4.38. The van der Waals surface area contributed by atoms with Gasteiger partial charge in [0, 0.05) is 11.8 Å². The van der Waals surface area contributed by atoms with E-state index in [0.29, 0.717) is 16.4 Å². The molecule has 1 heterocycles. The normalized spacial score (nSPS) is 14.5. The van der Waals surface area contributed by atoms with Crippen molar-refractivity contribution in [3.05, 3.63) is 47.3 Å². The van der Waals surface area contributed by atoms with E-state index in [4.69, 9.17) is 0 Å². The fraction of sp³-hybridized carbons (Fsp3) is 0.412. The second-order valence-corrected chi connectivity index (χ2v) is 7.05. The van der Waals surface area contributed by atoms with E-state index in [9.17, 15) is 23.1 Å². The summed E-state index contributed by atoms with van der Waals surface area (Å²) in [4.78, 5) is 16.2. The van der Waals surface area contributed by atoms with Crippen molar-refractivity contribution >= 4 is 17.7 Å². The molecule has 0 atom stereocenters. The number of nitrogens with one attached hydrogen (secondary N) is 1. The van der Waals surface area contributed by atoms with Crippen LogP contribution in [0.1, 0.15) is 29.7 Å². The number of benzene rings is 1. The lowest BCUT2D eigenvalue weighted by Crippen LogP contribution is -2.30. The molecule has 0 bridgehead atoms. The maximum atomic E-state index is 12.8. The van der Waals surface area contributed by atoms with Gasteiger partial charge in [-0.25, -0.2) is 4.98 Å². The lowest BCUT2D eigenvalue weighted by Gasteiger charge is -2.11. The molecule has 0 radical (unpaired) electrons. The predicted octanol–water partition coefficient (Wildman–Crippen LogP) is 2.97. The number of amides is 1. The summed E-state index contributed by atoms with van der Waals surface area (Å²) >= 11 is 1.23. The second kappa shape index (κ2) is 7.71. The van der Waals surface area contributed by atoms with E-state index in [1.54, 1.807) is 10.6 Å². The lowest BCUT2D eigenvalue weighted by molar-refractivity contribution is -0.137. The van der Waals surface area contributed by atoms with Gasteiger partial charge in [0.2, 0.25) is 5.91 Å². The smallest absolute Gasteiger partial charge is 0.390 e. The lowest BCUT2D eigenvalue weighted by atomic mass is 10.1. The van der Waals surface area contributed by atoms with E-state index in [0.717, 1.165) is 25.0 Å². The van der Waals surface area contributed by atoms with Gasteiger partial charge < -0.3 is 15.0 Å². The minimum absolute atomic E-state index is 0.0251. The highest BCUT2D eigenvalue weighted by atomic mass is 32.2. The first kappa shape index (κ1) is 18.8. The number of halogens is 3. The third kappa shape index (κ3) is 4.79. The van der Waals surface area contributed by atoms with Crippen LogP contribution < -0.4 is 5.32 Å². The summed E-state index contributed by atoms with van der Waals surface area (Å²) in [6.07, 6.45) is -0.970. The zero-order chi connectivity index (χ0) is 18.7. The Labute approximate surface area is 152 Å². The number of imidazole rings is 1. The van der Waals surface area contributed by atoms with Crippen molar-refractivity contribution in [2.24, 2.45) is 0 Å². The Balaban J connectivity index is 1.69. The Hall–Kier alpha value is -2.00. The maximum Gasteiger partial charge on any atom is 0.416 e. The number of alkyl halides is 3. The minimum Gasteiger partial charge on any atom is -0.390 e. The van der Waals surface area contributed by atoms with Crippen LogP contribution in [0.4, 0.5) is 13.2 Å². The summed E-state index contributed by atoms with van der Waals surface area (Å²) in [5, 5.41) is 12.8. The number of rotatable bonds is 7. The highest BCUT2D eigenvalue weighted by Crippen LogP contribution is 2.31. The Morgan fingerprint density at radius 2 is 2.15 bits per heavy atom. The molecule has 1 fully saturated rings. The average molecular weight is 385 g/mol. The largest absolute Gasteiger partial charge is 0.416 e. The van der Waals surface area contributed by atoms with Crippen molar-refractivity contribution in [1.82, 2.24) is 14.9 Å². The summed E-state index contributed by atoms with van der Waals surface area (Å²) in [7, 11) is 0. The number of carbonyl (C=O) groups excluding carboxylic acids is 1. The van der Waals surface area contributed by atoms with Gasteiger partial charge in [-0.1, -0.05) is 30.0 Å². The summed E-state index contributed by atoms with van der Waals surface area (Å²) < 4.78 is 40.0. The molecule has 0 saturated heterocycles. The molecule has 1 aromatic heterocycles. The number of hydrogen-bond donors (Lipinski definition) is 2. The van der Waals surface area contributed by atoms with E-state index in [2.05, 4.69) is 10.3 Å². The van der Waals surface area contributed by atoms with Crippen LogP contribution in [0.5, 0.6) is 0 Å². The van der Waals surface area contributed by atoms with Crippen LogP contribution in [0.3, 0.4) is 0 Å². The molecule has 1 saturated carbocycles. The number of nitrogens with zero attached hydrogens (tertiary/aromatic N) is 2. The third-order valence-electron chi connectivity index (χ3n) is 3.93. The molecule has 3 rings (SSSR count). The van der Waals surface area contributed by atoms with E-state index in [-0.39, 0.29) is 30.9 Å². The Bertz CT molecular complexity index is 788. The molecule has 9 heteroatoms. The van der Waals surface area contributed by atoms with E-state index >= 15 is 0 Å². The van der Waals surface area contributed by atoms with Crippen molar-refractivity contribution < 1.29 is 23.1 Å². The second-order valence-electron chi connectivity index (χ2n) is 6.10. The molecule has 140 valence electrons. The molecule has 1 aliphatic rings. The molecular weight excluding hydrogens is 367 g/mol. The maximum absolute atomic E-state index is 12.8. The van der Waals surface area contributed by atoms with Gasteiger partial charge >= 0.3 is 6.18 Å². The van der Waals surface area contributed by atoms with E-state index in [1.807, 2.05) is 0 Å². The summed E-state index contributed by atoms with van der Waals surface area (Å²) in [6, 6.07) is 5.34. The number of thioether (sulfide) groups is 1. The molecule has 1 amide bonds. The van der Waals surface area contributed by atoms with Crippen molar-refractivity contribution in [1.29, 1.82) is 0 Å². The quantitative estimate of drug-likeness (QED) is 0.719. The molecule has 0 spiro atoms. The van der Waals surface area contributed by atoms with Crippen molar-refractivity contribution in [2.45, 2.75) is 49.1 Å². The van der Waals surface area contributed by atoms with Crippen LogP contribution in [0, 0.1) is 0 Å². The fourth-order valence-corrected chi connectivity index (χ4v) is 3.37. The molecular formula is C17H18F3N3O2S. The van der Waals surface area contributed by atoms with E-state index in [1.165, 1.54) is 24.0 Å². The van der Waals surface area contributed by atoms with Crippen LogP contribution in [0.25, 0.3) is 0 Å². The number of aliphatic hydroxyl groups excluding tert-OH is 1. The van der Waals surface area contributed by atoms with Crippen molar-refractivity contribution in [3.63, 3.8) is 0 Å². The van der Waals surface area contributed by atoms with Crippen LogP contribution >= 0.6 is 11.8 Å². The number of aromatic nitrogens is 2. The van der Waals surface area contributed by atoms with Crippen LogP contribution in [0.2, 0.25) is 0 Å². The molecule has 0 aliphatic heterocycles. The standard InChI is InChI=1S/C17H18F3N3O2S/c18-17(19,20)12-3-1-2-11(6-12)10-26-16-21-7-14(9-24)23(16)8-15(25)22-13-4-5-13/h1-3,6-7,13,24H,4-5,8-10H2,(H,22,25). The van der Waals surface area contributed by atoms with Gasteiger partial charge in [0.25, 0.3) is 0 Å². The average Bonchev–Trinajstić information content (AvgIpc) is 3.32. The topological polar surface area (TPSA) is 67.2 Å². The zero-order valence-electron chi connectivity index (χ0n) is 13.8. The SMILES string of the molecule is O=C(Cn1c(CO)cnc1SCc1cccc(C(F)(F)F)c1)NC1CC1. The van der Waals surface area contributed by atoms with Gasteiger partial charge in [0.1, 0.15) is 6.54 Å². The Morgan fingerprint density at radius 1 is 1.38 bits per heavy atom. The van der Waals surface area contributed by atoms with Crippen molar-refractivity contribution in [2.75, 3.05) is 0 Å². The zero-order valence-corrected chi connectivity index (χ0v) is 14.6. The molecule has 0 unspecified atom stereocenters. The van der Waals surface area contributed by atoms with Crippen molar-refractivity contribution in [3.8, 4) is 0 Å². The van der Waals surface area contributed by atoms with Gasteiger partial charge in [-0.15, -0.1) is 0 Å². The predicted molar refractivity (Wildman–Crippen MR) is 90.3 cm³/mol. The fourth-order valence-electron chi connectivity index (χ4n) is 2.43. The Kier molecular flexibility index (Phi) is 5.57. The molecule has 5 nitrogen and oxygen atoms in total. The van der Waals surface area contributed by atoms with Gasteiger partial charge in [0.15, 0.2) is 5.16 Å². The van der Waals surface area contributed by atoms with Gasteiger partial charge in [-0.05, 0) is 24.5 Å². The Morgan fingerprint density at radius 3 is 2.81 bits per heavy atom. The van der Waals surface area contributed by atoms with Gasteiger partial charge in [-0.2, -0.15) is 13.2 Å². The van der Waals surface area contributed by atoms with Crippen LogP contribution in [-0.2, 0) is 29.9 Å².